The molecular weight excluding hydrogens is 224 g/mol. The molecule has 2 rings (SSSR count). The monoisotopic (exact) mass is 252 g/mol. The zero-order valence-corrected chi connectivity index (χ0v) is 12.1. The maximum Gasteiger partial charge on any atom is 0.225 e. The van der Waals surface area contributed by atoms with Crippen molar-refractivity contribution in [3.05, 3.63) is 0 Å². The second kappa shape index (κ2) is 6.05. The largest absolute Gasteiger partial charge is 0.340 e. The molecule has 104 valence electrons. The van der Waals surface area contributed by atoms with Crippen molar-refractivity contribution < 1.29 is 4.79 Å². The Morgan fingerprint density at radius 3 is 2.44 bits per heavy atom. The van der Waals surface area contributed by atoms with E-state index in [-0.39, 0.29) is 0 Å². The molecule has 1 atom stereocenters. The van der Waals surface area contributed by atoms with Gasteiger partial charge in [-0.05, 0) is 44.4 Å². The molecule has 1 aliphatic carbocycles. The Morgan fingerprint density at radius 2 is 1.89 bits per heavy atom. The van der Waals surface area contributed by atoms with Crippen molar-refractivity contribution in [3.8, 4) is 0 Å². The molecule has 2 fully saturated rings. The Kier molecular flexibility index (Phi) is 4.66. The van der Waals surface area contributed by atoms with Crippen molar-refractivity contribution in [2.45, 2.75) is 52.5 Å². The van der Waals surface area contributed by atoms with Gasteiger partial charge in [0.05, 0.1) is 0 Å². The van der Waals surface area contributed by atoms with Crippen LogP contribution in [0.2, 0.25) is 0 Å². The summed E-state index contributed by atoms with van der Waals surface area (Å²) in [5.41, 5.74) is 0. The second-order valence-electron chi connectivity index (χ2n) is 6.50. The van der Waals surface area contributed by atoms with Gasteiger partial charge in [0, 0.05) is 31.6 Å². The molecule has 1 amide bonds. The predicted octanol–water partition coefficient (Wildman–Crippen LogP) is 2.27. The van der Waals surface area contributed by atoms with Crippen molar-refractivity contribution in [2.24, 2.45) is 17.8 Å². The van der Waals surface area contributed by atoms with E-state index in [0.717, 1.165) is 44.3 Å². The van der Waals surface area contributed by atoms with Crippen LogP contribution in [0.3, 0.4) is 0 Å². The van der Waals surface area contributed by atoms with E-state index in [1.54, 1.807) is 0 Å². The molecule has 0 spiro atoms. The summed E-state index contributed by atoms with van der Waals surface area (Å²) in [6.45, 7) is 9.52. The molecular formula is C15H28N2O. The van der Waals surface area contributed by atoms with Crippen LogP contribution in [0.4, 0.5) is 0 Å². The van der Waals surface area contributed by atoms with Crippen LogP contribution in [-0.4, -0.2) is 36.5 Å². The van der Waals surface area contributed by atoms with Crippen LogP contribution in [0.15, 0.2) is 0 Å². The number of amides is 1. The molecule has 1 heterocycles. The maximum absolute atomic E-state index is 12.5. The molecule has 0 unspecified atom stereocenters. The van der Waals surface area contributed by atoms with E-state index >= 15 is 0 Å². The van der Waals surface area contributed by atoms with Crippen LogP contribution < -0.4 is 5.32 Å². The summed E-state index contributed by atoms with van der Waals surface area (Å²) in [6.07, 6.45) is 4.71. The first-order valence-corrected chi connectivity index (χ1v) is 7.60. The normalized spacial score (nSPS) is 33.8. The third-order valence-electron chi connectivity index (χ3n) is 4.74. The highest BCUT2D eigenvalue weighted by Gasteiger charge is 2.31. The minimum Gasteiger partial charge on any atom is -0.340 e. The van der Waals surface area contributed by atoms with Gasteiger partial charge in [0.2, 0.25) is 5.91 Å². The standard InChI is InChI=1S/C15H28N2O/c1-11(2)13-4-6-14(7-5-13)15(18)17-9-8-16-12(3)10-17/h11-14,16H,4-10H2,1-3H3/t12-,13?,14?/m0/s1. The van der Waals surface area contributed by atoms with Gasteiger partial charge in [0.15, 0.2) is 0 Å². The summed E-state index contributed by atoms with van der Waals surface area (Å²) < 4.78 is 0. The van der Waals surface area contributed by atoms with E-state index < -0.39 is 0 Å². The minimum absolute atomic E-state index is 0.310. The summed E-state index contributed by atoms with van der Waals surface area (Å²) in [5.74, 6) is 2.35. The van der Waals surface area contributed by atoms with E-state index in [0.29, 0.717) is 17.9 Å². The molecule has 0 aromatic carbocycles. The average Bonchev–Trinajstić information content (AvgIpc) is 2.38. The summed E-state index contributed by atoms with van der Waals surface area (Å²) in [4.78, 5) is 14.6. The highest BCUT2D eigenvalue weighted by molar-refractivity contribution is 5.79. The van der Waals surface area contributed by atoms with Gasteiger partial charge in [0.25, 0.3) is 0 Å². The van der Waals surface area contributed by atoms with Crippen molar-refractivity contribution in [1.29, 1.82) is 0 Å². The van der Waals surface area contributed by atoms with Gasteiger partial charge in [-0.15, -0.1) is 0 Å². The fourth-order valence-corrected chi connectivity index (χ4v) is 3.42. The number of piperazine rings is 1. The van der Waals surface area contributed by atoms with E-state index in [1.807, 2.05) is 0 Å². The Hall–Kier alpha value is -0.570. The smallest absolute Gasteiger partial charge is 0.225 e. The van der Waals surface area contributed by atoms with Gasteiger partial charge in [-0.3, -0.25) is 4.79 Å². The maximum atomic E-state index is 12.5. The Labute approximate surface area is 111 Å². The van der Waals surface area contributed by atoms with Crippen LogP contribution >= 0.6 is 0 Å². The molecule has 3 heteroatoms. The first-order chi connectivity index (χ1) is 8.58. The van der Waals surface area contributed by atoms with Crippen LogP contribution in [0.5, 0.6) is 0 Å². The number of carbonyl (C=O) groups is 1. The third-order valence-corrected chi connectivity index (χ3v) is 4.74. The zero-order chi connectivity index (χ0) is 13.1. The van der Waals surface area contributed by atoms with Gasteiger partial charge in [-0.2, -0.15) is 0 Å². The van der Waals surface area contributed by atoms with Crippen molar-refractivity contribution in [2.75, 3.05) is 19.6 Å². The molecule has 0 bridgehead atoms. The molecule has 1 N–H and O–H groups in total. The third kappa shape index (κ3) is 3.25. The molecule has 1 saturated heterocycles. The summed E-state index contributed by atoms with van der Waals surface area (Å²) >= 11 is 0. The van der Waals surface area contributed by atoms with E-state index in [9.17, 15) is 4.79 Å². The molecule has 1 aliphatic heterocycles. The minimum atomic E-state index is 0.310. The number of nitrogens with one attached hydrogen (secondary N) is 1. The number of rotatable bonds is 2. The highest BCUT2D eigenvalue weighted by atomic mass is 16.2. The Balaban J connectivity index is 1.83. The van der Waals surface area contributed by atoms with Crippen molar-refractivity contribution in [1.82, 2.24) is 10.2 Å². The first-order valence-electron chi connectivity index (χ1n) is 7.60. The van der Waals surface area contributed by atoms with E-state index in [2.05, 4.69) is 31.0 Å². The molecule has 0 aromatic rings. The summed E-state index contributed by atoms with van der Waals surface area (Å²) in [5, 5.41) is 3.40. The first kappa shape index (κ1) is 13.9. The van der Waals surface area contributed by atoms with E-state index in [1.165, 1.54) is 12.8 Å². The fraction of sp³-hybridized carbons (Fsp3) is 0.933. The predicted molar refractivity (Wildman–Crippen MR) is 74.3 cm³/mol. The lowest BCUT2D eigenvalue weighted by molar-refractivity contribution is -0.138. The molecule has 18 heavy (non-hydrogen) atoms. The number of nitrogens with zero attached hydrogens (tertiary/aromatic N) is 1. The van der Waals surface area contributed by atoms with Crippen molar-refractivity contribution in [3.63, 3.8) is 0 Å². The van der Waals surface area contributed by atoms with Gasteiger partial charge in [-0.1, -0.05) is 13.8 Å². The lowest BCUT2D eigenvalue weighted by atomic mass is 9.76. The van der Waals surface area contributed by atoms with Crippen molar-refractivity contribution >= 4 is 5.91 Å². The molecule has 0 radical (unpaired) electrons. The quantitative estimate of drug-likeness (QED) is 0.817. The molecule has 0 aromatic heterocycles. The van der Waals surface area contributed by atoms with Crippen LogP contribution in [0, 0.1) is 17.8 Å². The number of hydrogen-bond donors (Lipinski definition) is 1. The number of carbonyl (C=O) groups excluding carboxylic acids is 1. The second-order valence-corrected chi connectivity index (χ2v) is 6.50. The zero-order valence-electron chi connectivity index (χ0n) is 12.1. The number of hydrogen-bond acceptors (Lipinski definition) is 2. The summed E-state index contributed by atoms with van der Waals surface area (Å²) in [7, 11) is 0. The lowest BCUT2D eigenvalue weighted by Gasteiger charge is -2.37. The highest BCUT2D eigenvalue weighted by Crippen LogP contribution is 2.34. The van der Waals surface area contributed by atoms with Gasteiger partial charge >= 0.3 is 0 Å². The van der Waals surface area contributed by atoms with E-state index in [4.69, 9.17) is 0 Å². The SMILES string of the molecule is CC(C)C1CCC(C(=O)N2CCN[C@@H](C)C2)CC1. The Morgan fingerprint density at radius 1 is 1.22 bits per heavy atom. The molecule has 3 nitrogen and oxygen atoms in total. The van der Waals surface area contributed by atoms with Crippen LogP contribution in [0.25, 0.3) is 0 Å². The van der Waals surface area contributed by atoms with Gasteiger partial charge < -0.3 is 10.2 Å². The van der Waals surface area contributed by atoms with Crippen LogP contribution in [-0.2, 0) is 4.79 Å². The van der Waals surface area contributed by atoms with Crippen LogP contribution in [0.1, 0.15) is 46.5 Å². The fourth-order valence-electron chi connectivity index (χ4n) is 3.42. The lowest BCUT2D eigenvalue weighted by Crippen LogP contribution is -2.53. The summed E-state index contributed by atoms with van der Waals surface area (Å²) in [6, 6.07) is 0.453. The van der Waals surface area contributed by atoms with Gasteiger partial charge in [0.1, 0.15) is 0 Å². The molecule has 2 aliphatic rings. The van der Waals surface area contributed by atoms with Gasteiger partial charge in [-0.25, -0.2) is 0 Å². The average molecular weight is 252 g/mol. The topological polar surface area (TPSA) is 32.3 Å². The molecule has 1 saturated carbocycles. The Bertz CT molecular complexity index is 282.